The van der Waals surface area contributed by atoms with Crippen molar-refractivity contribution in [1.82, 2.24) is 4.40 Å². The van der Waals surface area contributed by atoms with Crippen LogP contribution in [-0.4, -0.2) is 15.5 Å². The Morgan fingerprint density at radius 3 is 2.50 bits per heavy atom. The maximum atomic E-state index is 10.9. The summed E-state index contributed by atoms with van der Waals surface area (Å²) in [6.07, 6.45) is 3.50. The van der Waals surface area contributed by atoms with Crippen LogP contribution in [0.4, 0.5) is 0 Å². The number of aromatic nitrogens is 1. The Labute approximate surface area is 104 Å². The number of carbonyl (C=O) groups is 1. The van der Waals surface area contributed by atoms with Gasteiger partial charge in [0.25, 0.3) is 0 Å². The number of carboxylic acids is 1. The molecule has 0 amide bonds. The van der Waals surface area contributed by atoms with Crippen molar-refractivity contribution in [3.05, 3.63) is 66.5 Å². The van der Waals surface area contributed by atoms with Gasteiger partial charge in [0.15, 0.2) is 0 Å². The molecule has 0 saturated heterocycles. The van der Waals surface area contributed by atoms with Crippen LogP contribution in [0.2, 0.25) is 0 Å². The Morgan fingerprint density at radius 2 is 1.78 bits per heavy atom. The highest BCUT2D eigenvalue weighted by molar-refractivity contribution is 5.89. The third kappa shape index (κ3) is 1.76. The molecular weight excluding hydrogens is 226 g/mol. The quantitative estimate of drug-likeness (QED) is 0.743. The summed E-state index contributed by atoms with van der Waals surface area (Å²) in [6, 6.07) is 15.7. The smallest absolute Gasteiger partial charge is 0.337 e. The van der Waals surface area contributed by atoms with Crippen LogP contribution in [0.5, 0.6) is 0 Å². The van der Waals surface area contributed by atoms with E-state index in [4.69, 9.17) is 5.11 Å². The van der Waals surface area contributed by atoms with E-state index in [1.165, 1.54) is 0 Å². The molecule has 3 rings (SSSR count). The average molecular weight is 237 g/mol. The molecule has 0 saturated carbocycles. The number of benzene rings is 1. The number of hydrogen-bond donors (Lipinski definition) is 1. The Hall–Kier alpha value is -2.55. The van der Waals surface area contributed by atoms with Crippen molar-refractivity contribution in [3.8, 4) is 11.1 Å². The van der Waals surface area contributed by atoms with E-state index >= 15 is 0 Å². The lowest BCUT2D eigenvalue weighted by molar-refractivity contribution is 0.0697. The summed E-state index contributed by atoms with van der Waals surface area (Å²) in [6.45, 7) is 0. The van der Waals surface area contributed by atoms with Gasteiger partial charge in [-0.3, -0.25) is 0 Å². The maximum Gasteiger partial charge on any atom is 0.337 e. The van der Waals surface area contributed by atoms with Crippen molar-refractivity contribution in [2.45, 2.75) is 0 Å². The number of nitrogens with zero attached hydrogens (tertiary/aromatic N) is 1. The van der Waals surface area contributed by atoms with Crippen molar-refractivity contribution in [3.63, 3.8) is 0 Å². The van der Waals surface area contributed by atoms with Crippen molar-refractivity contribution >= 4 is 11.5 Å². The van der Waals surface area contributed by atoms with Gasteiger partial charge in [-0.25, -0.2) is 4.79 Å². The zero-order chi connectivity index (χ0) is 12.5. The van der Waals surface area contributed by atoms with Gasteiger partial charge in [0.05, 0.1) is 5.56 Å². The largest absolute Gasteiger partial charge is 0.478 e. The Bertz CT molecular complexity index is 714. The highest BCUT2D eigenvalue weighted by Gasteiger charge is 2.07. The van der Waals surface area contributed by atoms with Gasteiger partial charge in [0.2, 0.25) is 0 Å². The molecule has 0 fully saturated rings. The molecule has 2 heterocycles. The van der Waals surface area contributed by atoms with Gasteiger partial charge in [-0.1, -0.05) is 30.3 Å². The number of aromatic carboxylic acids is 1. The van der Waals surface area contributed by atoms with Crippen LogP contribution in [-0.2, 0) is 0 Å². The van der Waals surface area contributed by atoms with E-state index in [0.29, 0.717) is 5.56 Å². The SMILES string of the molecule is O=C(O)c1cc2cc(-c3ccccc3)ccn2c1. The average Bonchev–Trinajstić information content (AvgIpc) is 2.82. The Kier molecular flexibility index (Phi) is 2.38. The van der Waals surface area contributed by atoms with Gasteiger partial charge >= 0.3 is 5.97 Å². The van der Waals surface area contributed by atoms with E-state index in [-0.39, 0.29) is 0 Å². The van der Waals surface area contributed by atoms with E-state index in [1.807, 2.05) is 53.1 Å². The third-order valence-electron chi connectivity index (χ3n) is 2.95. The summed E-state index contributed by atoms with van der Waals surface area (Å²) in [5, 5.41) is 8.96. The van der Waals surface area contributed by atoms with E-state index in [0.717, 1.165) is 16.6 Å². The van der Waals surface area contributed by atoms with Crippen molar-refractivity contribution in [1.29, 1.82) is 0 Å². The number of rotatable bonds is 2. The van der Waals surface area contributed by atoms with E-state index in [2.05, 4.69) is 0 Å². The standard InChI is InChI=1S/C15H11NO2/c17-15(18)13-9-14-8-12(6-7-16(14)10-13)11-4-2-1-3-5-11/h1-10H,(H,17,18). The molecule has 3 heteroatoms. The minimum Gasteiger partial charge on any atom is -0.478 e. The van der Waals surface area contributed by atoms with E-state index in [9.17, 15) is 4.79 Å². The molecule has 0 aliphatic rings. The fraction of sp³-hybridized carbons (Fsp3) is 0. The summed E-state index contributed by atoms with van der Waals surface area (Å²) in [5.41, 5.74) is 3.39. The molecule has 88 valence electrons. The molecule has 3 aromatic rings. The van der Waals surface area contributed by atoms with Crippen molar-refractivity contribution in [2.24, 2.45) is 0 Å². The second kappa shape index (κ2) is 4.04. The number of fused-ring (bicyclic) bond motifs is 1. The molecule has 1 N–H and O–H groups in total. The minimum absolute atomic E-state index is 0.306. The fourth-order valence-corrected chi connectivity index (χ4v) is 2.04. The molecule has 18 heavy (non-hydrogen) atoms. The van der Waals surface area contributed by atoms with Gasteiger partial charge in [0.1, 0.15) is 0 Å². The van der Waals surface area contributed by atoms with Crippen LogP contribution in [0.1, 0.15) is 10.4 Å². The lowest BCUT2D eigenvalue weighted by Crippen LogP contribution is -1.91. The third-order valence-corrected chi connectivity index (χ3v) is 2.95. The minimum atomic E-state index is -0.903. The van der Waals surface area contributed by atoms with Crippen LogP contribution in [0.3, 0.4) is 0 Å². The van der Waals surface area contributed by atoms with Crippen LogP contribution in [0.15, 0.2) is 60.9 Å². The first-order valence-corrected chi connectivity index (χ1v) is 5.64. The number of pyridine rings is 1. The highest BCUT2D eigenvalue weighted by atomic mass is 16.4. The fourth-order valence-electron chi connectivity index (χ4n) is 2.04. The molecule has 0 aliphatic carbocycles. The predicted octanol–water partition coefficient (Wildman–Crippen LogP) is 3.30. The molecule has 2 aromatic heterocycles. The van der Waals surface area contributed by atoms with Crippen LogP contribution < -0.4 is 0 Å². The van der Waals surface area contributed by atoms with E-state index in [1.54, 1.807) is 12.3 Å². The normalized spacial score (nSPS) is 10.7. The lowest BCUT2D eigenvalue weighted by atomic mass is 10.1. The number of carboxylic acid groups (broad SMARTS) is 1. The Morgan fingerprint density at radius 1 is 1.00 bits per heavy atom. The topological polar surface area (TPSA) is 41.7 Å². The molecule has 3 nitrogen and oxygen atoms in total. The zero-order valence-electron chi connectivity index (χ0n) is 9.58. The molecule has 0 spiro atoms. The summed E-state index contributed by atoms with van der Waals surface area (Å²) < 4.78 is 1.82. The Balaban J connectivity index is 2.14. The summed E-state index contributed by atoms with van der Waals surface area (Å²) in [5.74, 6) is -0.903. The molecule has 0 aliphatic heterocycles. The van der Waals surface area contributed by atoms with Crippen LogP contribution >= 0.6 is 0 Å². The van der Waals surface area contributed by atoms with Gasteiger partial charge in [-0.2, -0.15) is 0 Å². The lowest BCUT2D eigenvalue weighted by Gasteiger charge is -2.02. The maximum absolute atomic E-state index is 10.9. The first-order valence-electron chi connectivity index (χ1n) is 5.64. The van der Waals surface area contributed by atoms with Crippen LogP contribution in [0.25, 0.3) is 16.6 Å². The van der Waals surface area contributed by atoms with Gasteiger partial charge in [0, 0.05) is 17.9 Å². The monoisotopic (exact) mass is 237 g/mol. The van der Waals surface area contributed by atoms with Gasteiger partial charge < -0.3 is 9.51 Å². The molecule has 0 unspecified atom stereocenters. The molecule has 0 bridgehead atoms. The second-order valence-corrected chi connectivity index (χ2v) is 4.15. The van der Waals surface area contributed by atoms with Gasteiger partial charge in [-0.05, 0) is 29.3 Å². The summed E-state index contributed by atoms with van der Waals surface area (Å²) in [4.78, 5) is 10.9. The molecular formula is C15H11NO2. The highest BCUT2D eigenvalue weighted by Crippen LogP contribution is 2.21. The molecule has 0 atom stereocenters. The molecule has 1 aromatic carbocycles. The van der Waals surface area contributed by atoms with Gasteiger partial charge in [-0.15, -0.1) is 0 Å². The second-order valence-electron chi connectivity index (χ2n) is 4.15. The summed E-state index contributed by atoms with van der Waals surface area (Å²) >= 11 is 0. The zero-order valence-corrected chi connectivity index (χ0v) is 9.58. The first kappa shape index (κ1) is 10.6. The van der Waals surface area contributed by atoms with Crippen molar-refractivity contribution in [2.75, 3.05) is 0 Å². The summed E-state index contributed by atoms with van der Waals surface area (Å²) in [7, 11) is 0. The molecule has 0 radical (unpaired) electrons. The first-order chi connectivity index (χ1) is 8.74. The number of hydrogen-bond acceptors (Lipinski definition) is 1. The van der Waals surface area contributed by atoms with Crippen LogP contribution in [0, 0.1) is 0 Å². The van der Waals surface area contributed by atoms with Crippen molar-refractivity contribution < 1.29 is 9.90 Å². The predicted molar refractivity (Wildman–Crippen MR) is 69.8 cm³/mol. The van der Waals surface area contributed by atoms with E-state index < -0.39 is 5.97 Å².